The van der Waals surface area contributed by atoms with Crippen LogP contribution in [0, 0.1) is 10.8 Å². The van der Waals surface area contributed by atoms with E-state index in [4.69, 9.17) is 14.2 Å². The molecule has 2 aliphatic rings. The second-order valence-corrected chi connectivity index (χ2v) is 11.3. The second-order valence-electron chi connectivity index (χ2n) is 11.3. The van der Waals surface area contributed by atoms with Crippen LogP contribution < -0.4 is 10.6 Å². The fourth-order valence-corrected chi connectivity index (χ4v) is 5.03. The zero-order valence-corrected chi connectivity index (χ0v) is 24.5. The number of nitrogens with one attached hydrogen (secondary N) is 2. The van der Waals surface area contributed by atoms with Gasteiger partial charge in [-0.05, 0) is 80.6 Å². The molecule has 9 heteroatoms. The van der Waals surface area contributed by atoms with E-state index < -0.39 is 17.9 Å². The Labute approximate surface area is 232 Å². The van der Waals surface area contributed by atoms with Crippen molar-refractivity contribution in [2.45, 2.75) is 74.1 Å². The molecular formula is C30H44N2O7. The Morgan fingerprint density at radius 2 is 1.13 bits per heavy atom. The summed E-state index contributed by atoms with van der Waals surface area (Å²) in [6.45, 7) is 15.2. The first-order chi connectivity index (χ1) is 18.4. The van der Waals surface area contributed by atoms with E-state index in [1.165, 1.54) is 0 Å². The van der Waals surface area contributed by atoms with E-state index in [9.17, 15) is 19.2 Å². The highest BCUT2D eigenvalue weighted by Gasteiger charge is 2.33. The lowest BCUT2D eigenvalue weighted by Gasteiger charge is -2.33. The second kappa shape index (κ2) is 14.1. The van der Waals surface area contributed by atoms with Crippen molar-refractivity contribution in [2.75, 3.05) is 32.9 Å². The Morgan fingerprint density at radius 1 is 0.718 bits per heavy atom. The third-order valence-electron chi connectivity index (χ3n) is 6.44. The summed E-state index contributed by atoms with van der Waals surface area (Å²) in [4.78, 5) is 49.2. The van der Waals surface area contributed by atoms with Gasteiger partial charge < -0.3 is 24.8 Å². The van der Waals surface area contributed by atoms with Gasteiger partial charge in [0.15, 0.2) is 6.29 Å². The zero-order valence-electron chi connectivity index (χ0n) is 24.5. The van der Waals surface area contributed by atoms with E-state index in [1.54, 1.807) is 20.8 Å². The van der Waals surface area contributed by atoms with Gasteiger partial charge in [0, 0.05) is 24.5 Å². The smallest absolute Gasteiger partial charge is 0.345 e. The summed E-state index contributed by atoms with van der Waals surface area (Å²) in [5, 5.41) is 6.87. The van der Waals surface area contributed by atoms with Gasteiger partial charge >= 0.3 is 17.9 Å². The van der Waals surface area contributed by atoms with Crippen LogP contribution in [-0.2, 0) is 33.4 Å². The number of aldehydes is 1. The number of carbonyl (C=O) groups excluding carboxylic acids is 4. The molecule has 0 atom stereocenters. The molecule has 0 aromatic rings. The fraction of sp³-hybridized carbons (Fsp3) is 0.600. The molecule has 0 radical (unpaired) electrons. The minimum atomic E-state index is -0.672. The predicted octanol–water partition coefficient (Wildman–Crippen LogP) is 4.05. The summed E-state index contributed by atoms with van der Waals surface area (Å²) in [5.41, 5.74) is 2.83. The van der Waals surface area contributed by atoms with Gasteiger partial charge in [0.1, 0.15) is 11.1 Å². The lowest BCUT2D eigenvalue weighted by Crippen LogP contribution is -2.33. The van der Waals surface area contributed by atoms with Crippen LogP contribution in [0.4, 0.5) is 0 Å². The fourth-order valence-electron chi connectivity index (χ4n) is 5.03. The number of carbonyl (C=O) groups is 4. The van der Waals surface area contributed by atoms with E-state index in [1.807, 2.05) is 12.2 Å². The van der Waals surface area contributed by atoms with Crippen LogP contribution >= 0.6 is 0 Å². The number of hydrogen-bond acceptors (Lipinski definition) is 9. The van der Waals surface area contributed by atoms with Gasteiger partial charge in [-0.2, -0.15) is 0 Å². The molecule has 2 aliphatic carbocycles. The number of allylic oxidation sites excluding steroid dienone is 6. The summed E-state index contributed by atoms with van der Waals surface area (Å²) >= 11 is 0. The lowest BCUT2D eigenvalue weighted by atomic mass is 9.76. The largest absolute Gasteiger partial charge is 0.462 e. The van der Waals surface area contributed by atoms with Crippen molar-refractivity contribution in [1.29, 1.82) is 0 Å². The van der Waals surface area contributed by atoms with E-state index in [-0.39, 0.29) is 41.8 Å². The average molecular weight is 545 g/mol. The number of esters is 3. The van der Waals surface area contributed by atoms with E-state index in [0.717, 1.165) is 24.2 Å². The van der Waals surface area contributed by atoms with Crippen molar-refractivity contribution in [3.63, 3.8) is 0 Å². The quantitative estimate of drug-likeness (QED) is 0.0713. The Bertz CT molecular complexity index is 1060. The maximum absolute atomic E-state index is 12.6. The molecule has 0 fully saturated rings. The van der Waals surface area contributed by atoms with Gasteiger partial charge in [-0.1, -0.05) is 27.7 Å². The number of rotatable bonds is 12. The van der Waals surface area contributed by atoms with Crippen LogP contribution in [0.25, 0.3) is 0 Å². The van der Waals surface area contributed by atoms with E-state index in [0.29, 0.717) is 43.4 Å². The van der Waals surface area contributed by atoms with Crippen molar-refractivity contribution in [3.05, 3.63) is 45.8 Å². The summed E-state index contributed by atoms with van der Waals surface area (Å²) in [5.74, 6) is -1.94. The molecule has 216 valence electrons. The van der Waals surface area contributed by atoms with Crippen molar-refractivity contribution < 1.29 is 33.4 Å². The summed E-state index contributed by atoms with van der Waals surface area (Å²) < 4.78 is 15.4. The topological polar surface area (TPSA) is 120 Å². The van der Waals surface area contributed by atoms with Crippen LogP contribution in [0.5, 0.6) is 0 Å². The Kier molecular flexibility index (Phi) is 11.6. The Balaban J connectivity index is 2.20. The highest BCUT2D eigenvalue weighted by Crippen LogP contribution is 2.39. The molecule has 0 aromatic heterocycles. The molecule has 0 bridgehead atoms. The minimum Gasteiger partial charge on any atom is -0.462 e. The molecule has 0 aliphatic heterocycles. The maximum atomic E-state index is 12.6. The molecule has 0 saturated heterocycles. The molecule has 39 heavy (non-hydrogen) atoms. The van der Waals surface area contributed by atoms with Crippen molar-refractivity contribution in [2.24, 2.45) is 10.8 Å². The van der Waals surface area contributed by atoms with E-state index in [2.05, 4.69) is 38.3 Å². The summed E-state index contributed by atoms with van der Waals surface area (Å²) in [6.07, 6.45) is 6.97. The molecule has 2 rings (SSSR count). The van der Waals surface area contributed by atoms with Crippen LogP contribution in [0.1, 0.15) is 74.1 Å². The molecule has 2 N–H and O–H groups in total. The highest BCUT2D eigenvalue weighted by atomic mass is 16.6. The van der Waals surface area contributed by atoms with Gasteiger partial charge in [-0.15, -0.1) is 0 Å². The predicted molar refractivity (Wildman–Crippen MR) is 148 cm³/mol. The molecule has 0 spiro atoms. The normalized spacial score (nSPS) is 19.1. The zero-order chi connectivity index (χ0) is 29.2. The molecule has 0 heterocycles. The van der Waals surface area contributed by atoms with Crippen LogP contribution in [0.15, 0.2) is 45.8 Å². The number of ether oxygens (including phenoxy) is 3. The SMILES string of the molecule is CCOC(=O)C(C(=O)OCC)=C1C=C(NCCNC2=C/C(=C(/C=O)C(=O)OCC)CC(C)(C)C2)CC(C)(C)C1. The first kappa shape index (κ1) is 31.9. The van der Waals surface area contributed by atoms with Gasteiger partial charge in [0.2, 0.25) is 0 Å². The monoisotopic (exact) mass is 544 g/mol. The molecule has 0 unspecified atom stereocenters. The molecule has 9 nitrogen and oxygen atoms in total. The van der Waals surface area contributed by atoms with Gasteiger partial charge in [0.05, 0.1) is 19.8 Å². The average Bonchev–Trinajstić information content (AvgIpc) is 2.81. The van der Waals surface area contributed by atoms with E-state index >= 15 is 0 Å². The van der Waals surface area contributed by atoms with Gasteiger partial charge in [0.25, 0.3) is 0 Å². The highest BCUT2D eigenvalue weighted by molar-refractivity contribution is 6.15. The summed E-state index contributed by atoms with van der Waals surface area (Å²) in [7, 11) is 0. The van der Waals surface area contributed by atoms with Crippen LogP contribution in [0.2, 0.25) is 0 Å². The third-order valence-corrected chi connectivity index (χ3v) is 6.44. The first-order valence-electron chi connectivity index (χ1n) is 13.7. The molecule has 0 amide bonds. The minimum absolute atomic E-state index is 0.0506. The maximum Gasteiger partial charge on any atom is 0.345 e. The van der Waals surface area contributed by atoms with Gasteiger partial charge in [-0.25, -0.2) is 14.4 Å². The van der Waals surface area contributed by atoms with Gasteiger partial charge in [-0.3, -0.25) is 4.79 Å². The molecular weight excluding hydrogens is 500 g/mol. The van der Waals surface area contributed by atoms with Crippen LogP contribution in [0.3, 0.4) is 0 Å². The number of hydrogen-bond donors (Lipinski definition) is 2. The summed E-state index contributed by atoms with van der Waals surface area (Å²) in [6, 6.07) is 0. The standard InChI is InChI=1S/C30H44N2O7/c1-8-37-26(34)24(19-33)20-13-22(17-29(4,5)15-20)31-11-12-32-23-14-21(16-30(6,7)18-23)25(27(35)38-9-2)28(36)39-10-3/h13-14,19,31-32H,8-12,15-18H2,1-7H3/b24-20+. The lowest BCUT2D eigenvalue weighted by molar-refractivity contribution is -0.147. The van der Waals surface area contributed by atoms with Crippen LogP contribution in [-0.4, -0.2) is 57.1 Å². The molecule has 0 saturated carbocycles. The first-order valence-corrected chi connectivity index (χ1v) is 13.7. The van der Waals surface area contributed by atoms with Crippen molar-refractivity contribution >= 4 is 24.2 Å². The molecule has 0 aromatic carbocycles. The van der Waals surface area contributed by atoms with Crippen molar-refractivity contribution in [3.8, 4) is 0 Å². The Morgan fingerprint density at radius 3 is 1.56 bits per heavy atom. The Hall–Kier alpha value is -3.36. The third kappa shape index (κ3) is 9.41. The van der Waals surface area contributed by atoms with Crippen molar-refractivity contribution in [1.82, 2.24) is 10.6 Å².